The molecule has 4 nitrogen and oxygen atoms in total. The van der Waals surface area contributed by atoms with E-state index in [4.69, 9.17) is 4.74 Å². The highest BCUT2D eigenvalue weighted by atomic mass is 16.5. The van der Waals surface area contributed by atoms with Crippen LogP contribution in [0.25, 0.3) is 0 Å². The van der Waals surface area contributed by atoms with E-state index in [1.165, 1.54) is 0 Å². The van der Waals surface area contributed by atoms with Crippen molar-refractivity contribution in [1.29, 1.82) is 0 Å². The minimum absolute atomic E-state index is 0.0349. The minimum Gasteiger partial charge on any atom is -0.396 e. The van der Waals surface area contributed by atoms with E-state index in [9.17, 15) is 10.2 Å². The van der Waals surface area contributed by atoms with Crippen molar-refractivity contribution in [2.24, 2.45) is 5.41 Å². The van der Waals surface area contributed by atoms with Gasteiger partial charge in [-0.3, -0.25) is 0 Å². The Morgan fingerprint density at radius 1 is 1.25 bits per heavy atom. The molecule has 0 bridgehead atoms. The van der Waals surface area contributed by atoms with Crippen LogP contribution < -0.4 is 0 Å². The van der Waals surface area contributed by atoms with Crippen LogP contribution in [0.5, 0.6) is 0 Å². The first-order chi connectivity index (χ1) is 7.62. The number of aliphatic hydroxyl groups excluding tert-OH is 1. The van der Waals surface area contributed by atoms with Crippen molar-refractivity contribution < 1.29 is 14.9 Å². The van der Waals surface area contributed by atoms with E-state index < -0.39 is 11.0 Å². The molecule has 2 fully saturated rings. The van der Waals surface area contributed by atoms with Crippen molar-refractivity contribution >= 4 is 0 Å². The Balaban J connectivity index is 2.15. The average molecular weight is 229 g/mol. The third kappa shape index (κ3) is 1.99. The molecule has 2 unspecified atom stereocenters. The largest absolute Gasteiger partial charge is 0.396 e. The molecular formula is C12H23NO3. The zero-order chi connectivity index (χ0) is 11.6. The van der Waals surface area contributed by atoms with Gasteiger partial charge in [-0.1, -0.05) is 0 Å². The second-order valence-electron chi connectivity index (χ2n) is 5.43. The summed E-state index contributed by atoms with van der Waals surface area (Å²) in [5.74, 6) is 0. The lowest BCUT2D eigenvalue weighted by molar-refractivity contribution is -0.118. The van der Waals surface area contributed by atoms with Gasteiger partial charge in [-0.15, -0.1) is 0 Å². The molecule has 0 amide bonds. The van der Waals surface area contributed by atoms with Gasteiger partial charge in [0.1, 0.15) is 0 Å². The highest BCUT2D eigenvalue weighted by Gasteiger charge is 2.52. The Morgan fingerprint density at radius 2 is 2.06 bits per heavy atom. The van der Waals surface area contributed by atoms with E-state index in [1.807, 2.05) is 0 Å². The fraction of sp³-hybridized carbons (Fsp3) is 1.00. The molecule has 0 aliphatic carbocycles. The maximum Gasteiger partial charge on any atom is 0.0761 e. The van der Waals surface area contributed by atoms with Gasteiger partial charge in [0, 0.05) is 18.6 Å². The monoisotopic (exact) mass is 229 g/mol. The summed E-state index contributed by atoms with van der Waals surface area (Å²) in [6.07, 6.45) is 3.30. The lowest BCUT2D eigenvalue weighted by atomic mass is 9.68. The molecule has 4 heteroatoms. The molecule has 0 radical (unpaired) electrons. The highest BCUT2D eigenvalue weighted by Crippen LogP contribution is 2.44. The van der Waals surface area contributed by atoms with Crippen LogP contribution in [-0.4, -0.2) is 60.7 Å². The van der Waals surface area contributed by atoms with Gasteiger partial charge in [0.25, 0.3) is 0 Å². The number of ether oxygens (including phenoxy) is 1. The molecule has 0 aromatic heterocycles. The second kappa shape index (κ2) is 4.61. The van der Waals surface area contributed by atoms with Crippen LogP contribution in [0.2, 0.25) is 0 Å². The second-order valence-corrected chi connectivity index (χ2v) is 5.43. The number of hydrogen-bond donors (Lipinski definition) is 2. The van der Waals surface area contributed by atoms with Gasteiger partial charge >= 0.3 is 0 Å². The van der Waals surface area contributed by atoms with Gasteiger partial charge < -0.3 is 19.8 Å². The van der Waals surface area contributed by atoms with Crippen molar-refractivity contribution in [1.82, 2.24) is 4.90 Å². The number of aliphatic hydroxyl groups is 2. The van der Waals surface area contributed by atoms with Gasteiger partial charge in [0.05, 0.1) is 18.8 Å². The molecule has 0 spiro atoms. The Labute approximate surface area is 97.2 Å². The summed E-state index contributed by atoms with van der Waals surface area (Å²) in [7, 11) is 2.09. The molecule has 0 aromatic carbocycles. The Kier molecular flexibility index (Phi) is 3.54. The molecule has 94 valence electrons. The van der Waals surface area contributed by atoms with E-state index in [0.717, 1.165) is 38.8 Å². The quantitative estimate of drug-likeness (QED) is 0.712. The summed E-state index contributed by atoms with van der Waals surface area (Å²) in [6, 6.07) is 0. The number of rotatable bonds is 2. The molecule has 2 N–H and O–H groups in total. The first kappa shape index (κ1) is 12.3. The van der Waals surface area contributed by atoms with Crippen LogP contribution in [0.1, 0.15) is 25.7 Å². The SMILES string of the molecule is CN1CCCC(O)(C2(CO)CCOC2)CC1. The van der Waals surface area contributed by atoms with E-state index in [1.54, 1.807) is 0 Å². The summed E-state index contributed by atoms with van der Waals surface area (Å²) in [5, 5.41) is 20.5. The summed E-state index contributed by atoms with van der Waals surface area (Å²) >= 11 is 0. The normalized spacial score (nSPS) is 42.2. The van der Waals surface area contributed by atoms with Gasteiger partial charge in [-0.2, -0.15) is 0 Å². The van der Waals surface area contributed by atoms with Gasteiger partial charge in [0.15, 0.2) is 0 Å². The number of nitrogens with zero attached hydrogens (tertiary/aromatic N) is 1. The van der Waals surface area contributed by atoms with Crippen molar-refractivity contribution in [3.05, 3.63) is 0 Å². The van der Waals surface area contributed by atoms with Crippen molar-refractivity contribution in [2.75, 3.05) is 40.0 Å². The first-order valence-corrected chi connectivity index (χ1v) is 6.21. The lowest BCUT2D eigenvalue weighted by Crippen LogP contribution is -2.51. The number of likely N-dealkylation sites (tertiary alicyclic amines) is 1. The summed E-state index contributed by atoms with van der Waals surface area (Å²) in [4.78, 5) is 2.25. The Hall–Kier alpha value is -0.160. The minimum atomic E-state index is -0.747. The predicted molar refractivity (Wildman–Crippen MR) is 61.3 cm³/mol. The molecular weight excluding hydrogens is 206 g/mol. The van der Waals surface area contributed by atoms with Crippen LogP contribution in [-0.2, 0) is 4.74 Å². The fourth-order valence-corrected chi connectivity index (χ4v) is 3.03. The van der Waals surface area contributed by atoms with Gasteiger partial charge in [-0.05, 0) is 39.3 Å². The Bertz CT molecular complexity index is 240. The van der Waals surface area contributed by atoms with Crippen LogP contribution >= 0.6 is 0 Å². The van der Waals surface area contributed by atoms with Crippen LogP contribution in [0, 0.1) is 5.41 Å². The van der Waals surface area contributed by atoms with Crippen LogP contribution in [0.4, 0.5) is 0 Å². The van der Waals surface area contributed by atoms with Gasteiger partial charge in [-0.25, -0.2) is 0 Å². The molecule has 16 heavy (non-hydrogen) atoms. The topological polar surface area (TPSA) is 52.9 Å². The van der Waals surface area contributed by atoms with Crippen LogP contribution in [0.3, 0.4) is 0 Å². The summed E-state index contributed by atoms with van der Waals surface area (Å²) in [5.41, 5.74) is -1.17. The molecule has 2 saturated heterocycles. The molecule has 2 aliphatic rings. The average Bonchev–Trinajstić information content (AvgIpc) is 2.70. The molecule has 0 saturated carbocycles. The highest BCUT2D eigenvalue weighted by molar-refractivity contribution is 5.02. The summed E-state index contributed by atoms with van der Waals surface area (Å²) < 4.78 is 5.40. The van der Waals surface area contributed by atoms with Crippen molar-refractivity contribution in [2.45, 2.75) is 31.3 Å². The zero-order valence-corrected chi connectivity index (χ0v) is 10.1. The molecule has 2 rings (SSSR count). The molecule has 0 aromatic rings. The standard InChI is InChI=1S/C12H23NO3/c1-13-6-2-3-12(15,4-7-13)11(9-14)5-8-16-10-11/h14-15H,2-10H2,1H3. The van der Waals surface area contributed by atoms with Crippen molar-refractivity contribution in [3.63, 3.8) is 0 Å². The first-order valence-electron chi connectivity index (χ1n) is 6.21. The zero-order valence-electron chi connectivity index (χ0n) is 10.1. The smallest absolute Gasteiger partial charge is 0.0761 e. The maximum atomic E-state index is 10.9. The summed E-state index contributed by atoms with van der Waals surface area (Å²) in [6.45, 7) is 3.14. The molecule has 2 heterocycles. The van der Waals surface area contributed by atoms with E-state index in [-0.39, 0.29) is 6.61 Å². The molecule has 2 atom stereocenters. The fourth-order valence-electron chi connectivity index (χ4n) is 3.03. The lowest BCUT2D eigenvalue weighted by Gasteiger charge is -2.42. The van der Waals surface area contributed by atoms with E-state index in [2.05, 4.69) is 11.9 Å². The van der Waals surface area contributed by atoms with Crippen molar-refractivity contribution in [3.8, 4) is 0 Å². The number of hydrogen-bond acceptors (Lipinski definition) is 4. The van der Waals surface area contributed by atoms with E-state index in [0.29, 0.717) is 13.2 Å². The third-order valence-electron chi connectivity index (χ3n) is 4.43. The predicted octanol–water partition coefficient (Wildman–Crippen LogP) is 0.232. The molecule has 2 aliphatic heterocycles. The van der Waals surface area contributed by atoms with Gasteiger partial charge in [0.2, 0.25) is 0 Å². The Morgan fingerprint density at radius 3 is 2.69 bits per heavy atom. The van der Waals surface area contributed by atoms with E-state index >= 15 is 0 Å². The third-order valence-corrected chi connectivity index (χ3v) is 4.43. The maximum absolute atomic E-state index is 10.9. The van der Waals surface area contributed by atoms with Crippen LogP contribution in [0.15, 0.2) is 0 Å².